The second-order valence-electron chi connectivity index (χ2n) is 4.49. The fraction of sp³-hybridized carbons (Fsp3) is 0.545. The molecule has 16 heavy (non-hydrogen) atoms. The molecule has 0 aliphatic carbocycles. The number of nitrogens with zero attached hydrogens (tertiary/aromatic N) is 1. The highest BCUT2D eigenvalue weighted by molar-refractivity contribution is 9.10. The van der Waals surface area contributed by atoms with Crippen LogP contribution >= 0.6 is 15.9 Å². The van der Waals surface area contributed by atoms with Crippen LogP contribution in [0.4, 0.5) is 0 Å². The molecule has 1 rings (SSSR count). The van der Waals surface area contributed by atoms with E-state index >= 15 is 0 Å². The van der Waals surface area contributed by atoms with Gasteiger partial charge in [0, 0.05) is 12.1 Å². The van der Waals surface area contributed by atoms with E-state index in [1.165, 1.54) is 0 Å². The number of halogens is 1. The van der Waals surface area contributed by atoms with Gasteiger partial charge >= 0.3 is 0 Å². The normalized spacial score (nSPS) is 11.9. The first kappa shape index (κ1) is 13.3. The molecule has 4 nitrogen and oxygen atoms in total. The van der Waals surface area contributed by atoms with E-state index in [9.17, 15) is 4.79 Å². The second kappa shape index (κ2) is 5.01. The van der Waals surface area contributed by atoms with Crippen molar-refractivity contribution in [3.63, 3.8) is 0 Å². The number of likely N-dealkylation sites (N-methyl/N-ethyl adjacent to an activating group) is 1. The maximum atomic E-state index is 11.7. The number of amides is 1. The first-order chi connectivity index (χ1) is 7.33. The van der Waals surface area contributed by atoms with Crippen molar-refractivity contribution >= 4 is 21.8 Å². The Bertz CT molecular complexity index is 372. The lowest BCUT2D eigenvalue weighted by Gasteiger charge is -2.32. The van der Waals surface area contributed by atoms with Gasteiger partial charge in [0.05, 0.1) is 0 Å². The average molecular weight is 289 g/mol. The third-order valence-corrected chi connectivity index (χ3v) is 3.12. The van der Waals surface area contributed by atoms with Crippen LogP contribution in [0.15, 0.2) is 21.2 Å². The maximum Gasteiger partial charge on any atom is 0.287 e. The lowest BCUT2D eigenvalue weighted by Crippen LogP contribution is -2.48. The van der Waals surface area contributed by atoms with Gasteiger partial charge in [-0.15, -0.1) is 0 Å². The van der Waals surface area contributed by atoms with Gasteiger partial charge in [-0.3, -0.25) is 4.79 Å². The minimum Gasteiger partial charge on any atom is -0.444 e. The van der Waals surface area contributed by atoms with Gasteiger partial charge in [0.15, 0.2) is 10.4 Å². The van der Waals surface area contributed by atoms with Crippen molar-refractivity contribution in [2.45, 2.75) is 19.4 Å². The second-order valence-corrected chi connectivity index (χ2v) is 5.27. The predicted octanol–water partition coefficient (Wildman–Crippen LogP) is 2.11. The highest BCUT2D eigenvalue weighted by atomic mass is 79.9. The summed E-state index contributed by atoms with van der Waals surface area (Å²) in [5.74, 6) is 0.127. The largest absolute Gasteiger partial charge is 0.444 e. The number of hydrogen-bond donors (Lipinski definition) is 1. The number of nitrogens with one attached hydrogen (secondary N) is 1. The van der Waals surface area contributed by atoms with Crippen LogP contribution in [0.1, 0.15) is 24.4 Å². The van der Waals surface area contributed by atoms with Crippen molar-refractivity contribution in [2.24, 2.45) is 0 Å². The van der Waals surface area contributed by atoms with Gasteiger partial charge in [-0.05, 0) is 56.0 Å². The van der Waals surface area contributed by atoms with Gasteiger partial charge in [0.25, 0.3) is 5.91 Å². The van der Waals surface area contributed by atoms with Crippen LogP contribution in [0.5, 0.6) is 0 Å². The van der Waals surface area contributed by atoms with Gasteiger partial charge in [-0.2, -0.15) is 0 Å². The lowest BCUT2D eigenvalue weighted by atomic mass is 10.0. The zero-order valence-electron chi connectivity index (χ0n) is 10.0. The molecular formula is C11H17BrN2O2. The van der Waals surface area contributed by atoms with Crippen molar-refractivity contribution in [1.82, 2.24) is 10.2 Å². The Kier molecular flexibility index (Phi) is 4.15. The third kappa shape index (κ3) is 3.35. The molecule has 0 saturated carbocycles. The molecule has 0 aromatic carbocycles. The molecule has 0 fully saturated rings. The Hall–Kier alpha value is -0.810. The van der Waals surface area contributed by atoms with Crippen molar-refractivity contribution in [3.05, 3.63) is 22.6 Å². The van der Waals surface area contributed by atoms with E-state index in [1.807, 2.05) is 14.1 Å². The first-order valence-corrected chi connectivity index (χ1v) is 5.83. The number of rotatable bonds is 4. The first-order valence-electron chi connectivity index (χ1n) is 5.04. The summed E-state index contributed by atoms with van der Waals surface area (Å²) in [6, 6.07) is 3.34. The summed E-state index contributed by atoms with van der Waals surface area (Å²) in [5, 5.41) is 2.84. The number of carbonyl (C=O) groups is 1. The molecule has 0 spiro atoms. The van der Waals surface area contributed by atoms with Gasteiger partial charge in [0.1, 0.15) is 0 Å². The molecule has 1 aromatic heterocycles. The molecule has 0 atom stereocenters. The van der Waals surface area contributed by atoms with Crippen LogP contribution in [0.2, 0.25) is 0 Å². The average Bonchev–Trinajstić information content (AvgIpc) is 2.61. The summed E-state index contributed by atoms with van der Waals surface area (Å²) < 4.78 is 5.72. The van der Waals surface area contributed by atoms with Crippen molar-refractivity contribution in [3.8, 4) is 0 Å². The van der Waals surface area contributed by atoms with Crippen molar-refractivity contribution < 1.29 is 9.21 Å². The Labute approximate surface area is 104 Å². The molecule has 1 heterocycles. The molecule has 1 N–H and O–H groups in total. The number of carbonyl (C=O) groups excluding carboxylic acids is 1. The minimum atomic E-state index is -0.194. The van der Waals surface area contributed by atoms with Crippen molar-refractivity contribution in [2.75, 3.05) is 20.6 Å². The monoisotopic (exact) mass is 288 g/mol. The fourth-order valence-electron chi connectivity index (χ4n) is 0.978. The molecule has 90 valence electrons. The summed E-state index contributed by atoms with van der Waals surface area (Å²) in [6.45, 7) is 4.69. The van der Waals surface area contributed by atoms with E-state index in [0.717, 1.165) is 0 Å². The van der Waals surface area contributed by atoms with Crippen LogP contribution in [-0.2, 0) is 0 Å². The topological polar surface area (TPSA) is 45.5 Å². The van der Waals surface area contributed by atoms with E-state index in [-0.39, 0.29) is 11.4 Å². The van der Waals surface area contributed by atoms with Gasteiger partial charge in [-0.1, -0.05) is 0 Å². The SMILES string of the molecule is CN(C)C(C)(C)CNC(=O)c1ccc(Br)o1. The van der Waals surface area contributed by atoms with Gasteiger partial charge in [-0.25, -0.2) is 0 Å². The highest BCUT2D eigenvalue weighted by Crippen LogP contribution is 2.14. The van der Waals surface area contributed by atoms with Crippen LogP contribution in [-0.4, -0.2) is 37.0 Å². The van der Waals surface area contributed by atoms with E-state index in [4.69, 9.17) is 4.42 Å². The molecular weight excluding hydrogens is 272 g/mol. The Morgan fingerprint density at radius 2 is 2.12 bits per heavy atom. The van der Waals surface area contributed by atoms with E-state index in [2.05, 4.69) is 40.0 Å². The molecule has 0 aliphatic heterocycles. The van der Waals surface area contributed by atoms with Crippen LogP contribution in [0.25, 0.3) is 0 Å². The van der Waals surface area contributed by atoms with E-state index < -0.39 is 0 Å². The molecule has 0 unspecified atom stereocenters. The summed E-state index contributed by atoms with van der Waals surface area (Å²) in [7, 11) is 3.96. The molecule has 1 amide bonds. The van der Waals surface area contributed by atoms with Gasteiger partial charge < -0.3 is 14.6 Å². The quantitative estimate of drug-likeness (QED) is 0.923. The van der Waals surface area contributed by atoms with E-state index in [1.54, 1.807) is 12.1 Å². The minimum absolute atomic E-state index is 0.0838. The predicted molar refractivity (Wildman–Crippen MR) is 66.5 cm³/mol. The molecule has 0 bridgehead atoms. The van der Waals surface area contributed by atoms with Crippen LogP contribution < -0.4 is 5.32 Å². The molecule has 0 radical (unpaired) electrons. The molecule has 0 saturated heterocycles. The molecule has 1 aromatic rings. The van der Waals surface area contributed by atoms with Crippen molar-refractivity contribution in [1.29, 1.82) is 0 Å². The van der Waals surface area contributed by atoms with Gasteiger partial charge in [0.2, 0.25) is 0 Å². The molecule has 5 heteroatoms. The Balaban J connectivity index is 2.54. The Morgan fingerprint density at radius 3 is 2.56 bits per heavy atom. The highest BCUT2D eigenvalue weighted by Gasteiger charge is 2.22. The fourth-order valence-corrected chi connectivity index (χ4v) is 1.28. The summed E-state index contributed by atoms with van der Waals surface area (Å²) in [4.78, 5) is 13.7. The standard InChI is InChI=1S/C11H17BrN2O2/c1-11(2,14(3)4)7-13-10(15)8-5-6-9(12)16-8/h5-6H,7H2,1-4H3,(H,13,15). The maximum absolute atomic E-state index is 11.7. The summed E-state index contributed by atoms with van der Waals surface area (Å²) in [6.07, 6.45) is 0. The molecule has 0 aliphatic rings. The summed E-state index contributed by atoms with van der Waals surface area (Å²) in [5.41, 5.74) is -0.0838. The lowest BCUT2D eigenvalue weighted by molar-refractivity contribution is 0.0891. The number of furan rings is 1. The van der Waals surface area contributed by atoms with Crippen LogP contribution in [0.3, 0.4) is 0 Å². The Morgan fingerprint density at radius 1 is 1.50 bits per heavy atom. The zero-order chi connectivity index (χ0) is 12.3. The third-order valence-electron chi connectivity index (χ3n) is 2.69. The number of hydrogen-bond acceptors (Lipinski definition) is 3. The summed E-state index contributed by atoms with van der Waals surface area (Å²) >= 11 is 3.16. The van der Waals surface area contributed by atoms with E-state index in [0.29, 0.717) is 17.0 Å². The zero-order valence-corrected chi connectivity index (χ0v) is 11.6. The smallest absolute Gasteiger partial charge is 0.287 e. The van der Waals surface area contributed by atoms with Crippen LogP contribution in [0, 0.1) is 0 Å².